The number of hydrogen-bond donors (Lipinski definition) is 0. The second-order valence-electron chi connectivity index (χ2n) is 10.9. The maximum atomic E-state index is 13.3. The van der Waals surface area contributed by atoms with E-state index in [1.165, 1.54) is 32.1 Å². The summed E-state index contributed by atoms with van der Waals surface area (Å²) in [6.45, 7) is 8.79. The summed E-state index contributed by atoms with van der Waals surface area (Å²) in [5.41, 5.74) is 0.833. The van der Waals surface area contributed by atoms with Crippen LogP contribution in [-0.2, 0) is 4.74 Å². The minimum Gasteiger partial charge on any atom is -0.444 e. The van der Waals surface area contributed by atoms with Gasteiger partial charge in [-0.05, 0) is 76.8 Å². The number of rotatable bonds is 2. The first kappa shape index (κ1) is 22.2. The molecule has 6 nitrogen and oxygen atoms in total. The van der Waals surface area contributed by atoms with Crippen molar-refractivity contribution in [3.63, 3.8) is 0 Å². The number of hydrogen-bond acceptors (Lipinski definition) is 3. The zero-order valence-corrected chi connectivity index (χ0v) is 19.6. The van der Waals surface area contributed by atoms with Crippen molar-refractivity contribution in [1.29, 1.82) is 0 Å². The molecule has 3 heterocycles. The average molecular weight is 430 g/mol. The molecule has 2 saturated heterocycles. The maximum Gasteiger partial charge on any atom is 0.410 e. The third-order valence-corrected chi connectivity index (χ3v) is 7.53. The zero-order valence-electron chi connectivity index (χ0n) is 19.6. The van der Waals surface area contributed by atoms with Gasteiger partial charge in [-0.2, -0.15) is 0 Å². The monoisotopic (exact) mass is 429 g/mol. The molecule has 3 aliphatic rings. The normalized spacial score (nSPS) is 22.5. The van der Waals surface area contributed by atoms with Crippen LogP contribution >= 0.6 is 0 Å². The lowest BCUT2D eigenvalue weighted by atomic mass is 9.68. The van der Waals surface area contributed by atoms with Crippen molar-refractivity contribution >= 4 is 12.0 Å². The van der Waals surface area contributed by atoms with Gasteiger partial charge in [-0.3, -0.25) is 4.79 Å². The Kier molecular flexibility index (Phi) is 6.36. The second-order valence-corrected chi connectivity index (χ2v) is 10.9. The first-order chi connectivity index (χ1) is 14.8. The van der Waals surface area contributed by atoms with Crippen LogP contribution in [0.4, 0.5) is 4.79 Å². The SMILES string of the molecule is CC(C)(C)OC(=O)N1CCC(n2cccc2C(=O)N2CCC3(CCCCC3)CC2)CC1. The lowest BCUT2D eigenvalue weighted by Crippen LogP contribution is -2.45. The standard InChI is InChI=1S/C25H39N3O3/c1-24(2,3)31-23(30)27-16-9-20(10-17-27)28-15-7-8-21(28)22(29)26-18-13-25(14-19-26)11-5-4-6-12-25/h7-8,15,20H,4-6,9-14,16-19H2,1-3H3. The van der Waals surface area contributed by atoms with E-state index < -0.39 is 5.60 Å². The van der Waals surface area contributed by atoms with Crippen LogP contribution in [0, 0.1) is 5.41 Å². The van der Waals surface area contributed by atoms with Crippen LogP contribution in [0.3, 0.4) is 0 Å². The highest BCUT2D eigenvalue weighted by Crippen LogP contribution is 2.44. The summed E-state index contributed by atoms with van der Waals surface area (Å²) in [6, 6.07) is 4.20. The Bertz CT molecular complexity index is 770. The van der Waals surface area contributed by atoms with E-state index in [0.29, 0.717) is 18.5 Å². The molecule has 1 aromatic heterocycles. The summed E-state index contributed by atoms with van der Waals surface area (Å²) in [4.78, 5) is 29.6. The summed E-state index contributed by atoms with van der Waals surface area (Å²) < 4.78 is 7.66. The largest absolute Gasteiger partial charge is 0.444 e. The van der Waals surface area contributed by atoms with Crippen LogP contribution in [-0.4, -0.2) is 58.1 Å². The van der Waals surface area contributed by atoms with E-state index in [-0.39, 0.29) is 18.0 Å². The molecule has 2 amide bonds. The highest BCUT2D eigenvalue weighted by Gasteiger charge is 2.37. The van der Waals surface area contributed by atoms with Crippen LogP contribution in [0.25, 0.3) is 0 Å². The van der Waals surface area contributed by atoms with E-state index in [1.54, 1.807) is 4.90 Å². The third kappa shape index (κ3) is 5.09. The molecule has 3 fully saturated rings. The molecule has 0 aromatic carbocycles. The molecule has 1 aromatic rings. The topological polar surface area (TPSA) is 54.8 Å². The third-order valence-electron chi connectivity index (χ3n) is 7.53. The van der Waals surface area contributed by atoms with Crippen molar-refractivity contribution in [2.75, 3.05) is 26.2 Å². The van der Waals surface area contributed by atoms with Gasteiger partial charge in [0, 0.05) is 38.4 Å². The van der Waals surface area contributed by atoms with E-state index in [9.17, 15) is 9.59 Å². The molecule has 0 radical (unpaired) electrons. The van der Waals surface area contributed by atoms with Gasteiger partial charge in [-0.15, -0.1) is 0 Å². The van der Waals surface area contributed by atoms with Gasteiger partial charge in [-0.1, -0.05) is 19.3 Å². The number of nitrogens with zero attached hydrogens (tertiary/aromatic N) is 3. The van der Waals surface area contributed by atoms with Crippen molar-refractivity contribution < 1.29 is 14.3 Å². The maximum absolute atomic E-state index is 13.3. The van der Waals surface area contributed by atoms with Crippen molar-refractivity contribution in [2.24, 2.45) is 5.41 Å². The van der Waals surface area contributed by atoms with E-state index in [4.69, 9.17) is 4.74 Å². The minimum absolute atomic E-state index is 0.172. The molecule has 0 atom stereocenters. The highest BCUT2D eigenvalue weighted by molar-refractivity contribution is 5.93. The van der Waals surface area contributed by atoms with Crippen molar-refractivity contribution in [2.45, 2.75) is 90.2 Å². The quantitative estimate of drug-likeness (QED) is 0.645. The van der Waals surface area contributed by atoms with Crippen molar-refractivity contribution in [3.05, 3.63) is 24.0 Å². The van der Waals surface area contributed by atoms with Gasteiger partial charge in [0.2, 0.25) is 0 Å². The van der Waals surface area contributed by atoms with Crippen LogP contribution in [0.15, 0.2) is 18.3 Å². The Balaban J connectivity index is 1.34. The number of carbonyl (C=O) groups excluding carboxylic acids is 2. The molecule has 1 saturated carbocycles. The molecule has 0 N–H and O–H groups in total. The molecule has 0 unspecified atom stereocenters. The van der Waals surface area contributed by atoms with Gasteiger partial charge in [0.1, 0.15) is 11.3 Å². The Morgan fingerprint density at radius 2 is 1.58 bits per heavy atom. The summed E-state index contributed by atoms with van der Waals surface area (Å²) in [5.74, 6) is 0.172. The molecular formula is C25H39N3O3. The number of likely N-dealkylation sites (tertiary alicyclic amines) is 2. The molecule has 6 heteroatoms. The van der Waals surface area contributed by atoms with Gasteiger partial charge in [0.15, 0.2) is 0 Å². The Morgan fingerprint density at radius 3 is 2.19 bits per heavy atom. The van der Waals surface area contributed by atoms with E-state index in [0.717, 1.165) is 44.5 Å². The molecule has 172 valence electrons. The fourth-order valence-electron chi connectivity index (χ4n) is 5.69. The summed E-state index contributed by atoms with van der Waals surface area (Å²) >= 11 is 0. The average Bonchev–Trinajstić information content (AvgIpc) is 3.23. The summed E-state index contributed by atoms with van der Waals surface area (Å²) in [5, 5.41) is 0. The minimum atomic E-state index is -0.474. The lowest BCUT2D eigenvalue weighted by Gasteiger charge is -2.44. The van der Waals surface area contributed by atoms with Crippen LogP contribution in [0.1, 0.15) is 95.1 Å². The fourth-order valence-corrected chi connectivity index (χ4v) is 5.69. The van der Waals surface area contributed by atoms with E-state index >= 15 is 0 Å². The first-order valence-electron chi connectivity index (χ1n) is 12.2. The molecular weight excluding hydrogens is 390 g/mol. The van der Waals surface area contributed by atoms with E-state index in [2.05, 4.69) is 9.47 Å². The number of piperidine rings is 2. The number of aromatic nitrogens is 1. The molecule has 4 rings (SSSR count). The predicted molar refractivity (Wildman–Crippen MR) is 121 cm³/mol. The van der Waals surface area contributed by atoms with Gasteiger partial charge < -0.3 is 19.1 Å². The van der Waals surface area contributed by atoms with Crippen molar-refractivity contribution in [3.8, 4) is 0 Å². The number of amides is 2. The van der Waals surface area contributed by atoms with Crippen molar-refractivity contribution in [1.82, 2.24) is 14.4 Å². The second kappa shape index (κ2) is 8.87. The van der Waals surface area contributed by atoms with E-state index in [1.807, 2.05) is 39.1 Å². The highest BCUT2D eigenvalue weighted by atomic mass is 16.6. The van der Waals surface area contributed by atoms with Gasteiger partial charge in [0.25, 0.3) is 5.91 Å². The summed E-state index contributed by atoms with van der Waals surface area (Å²) in [6.07, 6.45) is 12.6. The van der Waals surface area contributed by atoms with Crippen LogP contribution in [0.5, 0.6) is 0 Å². The van der Waals surface area contributed by atoms with Gasteiger partial charge in [0.05, 0.1) is 0 Å². The smallest absolute Gasteiger partial charge is 0.410 e. The molecule has 31 heavy (non-hydrogen) atoms. The number of carbonyl (C=O) groups is 2. The Hall–Kier alpha value is -1.98. The predicted octanol–water partition coefficient (Wildman–Crippen LogP) is 5.25. The summed E-state index contributed by atoms with van der Waals surface area (Å²) in [7, 11) is 0. The van der Waals surface area contributed by atoms with Gasteiger partial charge >= 0.3 is 6.09 Å². The molecule has 1 aliphatic carbocycles. The Morgan fingerprint density at radius 1 is 0.935 bits per heavy atom. The van der Waals surface area contributed by atoms with Crippen LogP contribution < -0.4 is 0 Å². The van der Waals surface area contributed by atoms with Gasteiger partial charge in [-0.25, -0.2) is 4.79 Å². The lowest BCUT2D eigenvalue weighted by molar-refractivity contribution is 0.0185. The fraction of sp³-hybridized carbons (Fsp3) is 0.760. The Labute approximate surface area is 186 Å². The molecule has 1 spiro atoms. The molecule has 2 aliphatic heterocycles. The number of ether oxygens (including phenoxy) is 1. The molecule has 0 bridgehead atoms. The zero-order chi connectivity index (χ0) is 22.1. The van der Waals surface area contributed by atoms with Crippen LogP contribution in [0.2, 0.25) is 0 Å². The first-order valence-corrected chi connectivity index (χ1v) is 12.2.